The summed E-state index contributed by atoms with van der Waals surface area (Å²) in [5.74, 6) is 0.545. The first kappa shape index (κ1) is 21.6. The Kier molecular flexibility index (Phi) is 6.75. The average molecular weight is 498 g/mol. The number of pyridine rings is 1. The molecule has 0 bridgehead atoms. The summed E-state index contributed by atoms with van der Waals surface area (Å²) < 4.78 is -3.35. The van der Waals surface area contributed by atoms with Crippen molar-refractivity contribution in [3.8, 4) is 11.4 Å². The van der Waals surface area contributed by atoms with Crippen molar-refractivity contribution in [2.45, 2.75) is 14.1 Å². The Morgan fingerprint density at radius 3 is 2.11 bits per heavy atom. The van der Waals surface area contributed by atoms with Gasteiger partial charge in [0.2, 0.25) is 13.5 Å². The van der Waals surface area contributed by atoms with Crippen molar-refractivity contribution in [3.63, 3.8) is 0 Å². The zero-order valence-corrected chi connectivity index (χ0v) is 18.4. The molecule has 5 nitrogen and oxygen atoms in total. The summed E-state index contributed by atoms with van der Waals surface area (Å²) in [7, 11) is 0. The highest BCUT2D eigenvalue weighted by Crippen LogP contribution is 2.39. The molecule has 0 amide bonds. The molecule has 0 aliphatic heterocycles. The third kappa shape index (κ3) is 5.72. The summed E-state index contributed by atoms with van der Waals surface area (Å²) in [4.78, 5) is 16.9. The number of alkyl halides is 6. The molecule has 0 radical (unpaired) electrons. The molecule has 2 heterocycles. The molecule has 11 heteroatoms. The Bertz CT molecular complexity index is 939. The number of benzene rings is 1. The maximum atomic E-state index is 5.98. The molecule has 0 atom stereocenters. The summed E-state index contributed by atoms with van der Waals surface area (Å²) in [5, 5.41) is 3.08. The third-order valence-corrected chi connectivity index (χ3v) is 4.69. The number of anilines is 1. The highest BCUT2D eigenvalue weighted by molar-refractivity contribution is 6.67. The summed E-state index contributed by atoms with van der Waals surface area (Å²) in [6.45, 7) is 0.433. The molecule has 2 aromatic heterocycles. The van der Waals surface area contributed by atoms with Crippen LogP contribution in [0, 0.1) is 0 Å². The lowest BCUT2D eigenvalue weighted by Gasteiger charge is -2.14. The number of hydrogen-bond donors (Lipinski definition) is 1. The number of rotatable bonds is 4. The molecular formula is C17H11Cl6N5. The lowest BCUT2D eigenvalue weighted by atomic mass is 10.1. The van der Waals surface area contributed by atoms with Crippen molar-refractivity contribution < 1.29 is 0 Å². The standard InChI is InChI=1S/C17H11Cl6N5/c18-16(19,20)12-5-3-11(4-6-12)13-26-14(17(21,22)23)28-15(27-13)25-9-10-2-1-7-24-8-10/h1-8H,9H2,(H,25,26,27,28). The first-order valence-electron chi connectivity index (χ1n) is 7.76. The zero-order chi connectivity index (χ0) is 20.4. The van der Waals surface area contributed by atoms with Gasteiger partial charge in [0, 0.05) is 30.1 Å². The van der Waals surface area contributed by atoms with E-state index in [-0.39, 0.29) is 11.8 Å². The van der Waals surface area contributed by atoms with Crippen LogP contribution in [0.5, 0.6) is 0 Å². The topological polar surface area (TPSA) is 63.6 Å². The van der Waals surface area contributed by atoms with Crippen LogP contribution in [0.4, 0.5) is 5.95 Å². The van der Waals surface area contributed by atoms with Crippen LogP contribution in [0.15, 0.2) is 48.8 Å². The normalized spacial score (nSPS) is 12.1. The quantitative estimate of drug-likeness (QED) is 0.435. The van der Waals surface area contributed by atoms with Crippen molar-refractivity contribution in [2.75, 3.05) is 5.32 Å². The van der Waals surface area contributed by atoms with Gasteiger partial charge in [-0.2, -0.15) is 9.97 Å². The van der Waals surface area contributed by atoms with Crippen LogP contribution in [0.3, 0.4) is 0 Å². The Balaban J connectivity index is 1.94. The van der Waals surface area contributed by atoms with Gasteiger partial charge in [-0.1, -0.05) is 99.9 Å². The lowest BCUT2D eigenvalue weighted by Crippen LogP contribution is -2.13. The smallest absolute Gasteiger partial charge is 0.250 e. The van der Waals surface area contributed by atoms with Crippen LogP contribution in [-0.2, 0) is 14.1 Å². The van der Waals surface area contributed by atoms with Crippen LogP contribution in [-0.4, -0.2) is 19.9 Å². The van der Waals surface area contributed by atoms with Crippen LogP contribution in [0.1, 0.15) is 17.0 Å². The highest BCUT2D eigenvalue weighted by Gasteiger charge is 2.29. The first-order chi connectivity index (χ1) is 13.1. The number of halogens is 6. The van der Waals surface area contributed by atoms with Crippen LogP contribution in [0.2, 0.25) is 0 Å². The minimum absolute atomic E-state index is 0.0124. The molecule has 1 aromatic carbocycles. The highest BCUT2D eigenvalue weighted by atomic mass is 35.6. The van der Waals surface area contributed by atoms with E-state index in [1.807, 2.05) is 12.1 Å². The molecule has 0 spiro atoms. The second-order valence-corrected chi connectivity index (χ2v) is 10.2. The zero-order valence-electron chi connectivity index (χ0n) is 13.9. The third-order valence-electron chi connectivity index (χ3n) is 3.53. The molecule has 0 aliphatic rings. The van der Waals surface area contributed by atoms with Crippen molar-refractivity contribution in [3.05, 3.63) is 65.7 Å². The van der Waals surface area contributed by atoms with Gasteiger partial charge < -0.3 is 5.32 Å². The molecule has 0 saturated carbocycles. The monoisotopic (exact) mass is 495 g/mol. The van der Waals surface area contributed by atoms with Crippen LogP contribution >= 0.6 is 69.6 Å². The van der Waals surface area contributed by atoms with E-state index in [2.05, 4.69) is 25.3 Å². The average Bonchev–Trinajstić information content (AvgIpc) is 2.66. The Labute approximate surface area is 191 Å². The molecular weight excluding hydrogens is 487 g/mol. The van der Waals surface area contributed by atoms with Crippen molar-refractivity contribution in [1.29, 1.82) is 0 Å². The largest absolute Gasteiger partial charge is 0.350 e. The van der Waals surface area contributed by atoms with Crippen molar-refractivity contribution in [1.82, 2.24) is 19.9 Å². The fourth-order valence-corrected chi connectivity index (χ4v) is 2.83. The van der Waals surface area contributed by atoms with Gasteiger partial charge in [0.05, 0.1) is 0 Å². The summed E-state index contributed by atoms with van der Waals surface area (Å²) >= 11 is 35.6. The molecule has 3 rings (SSSR count). The molecule has 1 N–H and O–H groups in total. The van der Waals surface area contributed by atoms with Crippen LogP contribution < -0.4 is 5.32 Å². The van der Waals surface area contributed by atoms with Gasteiger partial charge in [0.15, 0.2) is 11.6 Å². The second-order valence-electron chi connectivity index (χ2n) is 5.59. The minimum Gasteiger partial charge on any atom is -0.350 e. The summed E-state index contributed by atoms with van der Waals surface area (Å²) in [6, 6.07) is 10.5. The van der Waals surface area contributed by atoms with Crippen LogP contribution in [0.25, 0.3) is 11.4 Å². The fourth-order valence-electron chi connectivity index (χ4n) is 2.20. The van der Waals surface area contributed by atoms with E-state index in [0.29, 0.717) is 23.5 Å². The summed E-state index contributed by atoms with van der Waals surface area (Å²) in [5.41, 5.74) is 2.08. The van der Waals surface area contributed by atoms with Gasteiger partial charge in [0.1, 0.15) is 0 Å². The fraction of sp³-hybridized carbons (Fsp3) is 0.176. The van der Waals surface area contributed by atoms with E-state index in [1.165, 1.54) is 0 Å². The van der Waals surface area contributed by atoms with Crippen molar-refractivity contribution in [2.24, 2.45) is 0 Å². The van der Waals surface area contributed by atoms with Gasteiger partial charge in [-0.05, 0) is 11.6 Å². The number of nitrogens with zero attached hydrogens (tertiary/aromatic N) is 4. The molecule has 146 valence electrons. The van der Waals surface area contributed by atoms with Gasteiger partial charge >= 0.3 is 0 Å². The first-order valence-corrected chi connectivity index (χ1v) is 10.0. The van der Waals surface area contributed by atoms with E-state index in [9.17, 15) is 0 Å². The molecule has 3 aromatic rings. The Morgan fingerprint density at radius 1 is 0.821 bits per heavy atom. The maximum absolute atomic E-state index is 5.98. The van der Waals surface area contributed by atoms with Gasteiger partial charge in [-0.3, -0.25) is 4.98 Å². The van der Waals surface area contributed by atoms with Gasteiger partial charge in [0.25, 0.3) is 0 Å². The molecule has 0 saturated heterocycles. The molecule has 0 fully saturated rings. The number of nitrogens with one attached hydrogen (secondary N) is 1. The molecule has 28 heavy (non-hydrogen) atoms. The Morgan fingerprint density at radius 2 is 1.54 bits per heavy atom. The van der Waals surface area contributed by atoms with E-state index >= 15 is 0 Å². The molecule has 0 unspecified atom stereocenters. The SMILES string of the molecule is ClC(Cl)(Cl)c1ccc(-c2nc(NCc3cccnc3)nc(C(Cl)(Cl)Cl)n2)cc1. The maximum Gasteiger partial charge on any atom is 0.250 e. The van der Waals surface area contributed by atoms with Crippen molar-refractivity contribution >= 4 is 75.6 Å². The summed E-state index contributed by atoms with van der Waals surface area (Å²) in [6.07, 6.45) is 3.41. The molecule has 0 aliphatic carbocycles. The predicted molar refractivity (Wildman–Crippen MR) is 115 cm³/mol. The van der Waals surface area contributed by atoms with E-state index in [4.69, 9.17) is 69.6 Å². The van der Waals surface area contributed by atoms with E-state index < -0.39 is 7.59 Å². The van der Waals surface area contributed by atoms with Gasteiger partial charge in [-0.25, -0.2) is 4.98 Å². The van der Waals surface area contributed by atoms with E-state index in [0.717, 1.165) is 5.56 Å². The van der Waals surface area contributed by atoms with E-state index in [1.54, 1.807) is 36.7 Å². The lowest BCUT2D eigenvalue weighted by molar-refractivity contribution is 0.912. The number of hydrogen-bond acceptors (Lipinski definition) is 5. The number of aromatic nitrogens is 4. The minimum atomic E-state index is -1.82. The Hall–Kier alpha value is -1.08. The predicted octanol–water partition coefficient (Wildman–Crippen LogP) is 6.20. The second kappa shape index (κ2) is 8.74. The van der Waals surface area contributed by atoms with Gasteiger partial charge in [-0.15, -0.1) is 0 Å².